The average molecular weight is 505 g/mol. The van der Waals surface area contributed by atoms with Crippen LogP contribution in [0.2, 0.25) is 0 Å². The number of halogens is 3. The molecule has 11 heteroatoms. The zero-order valence-corrected chi connectivity index (χ0v) is 18.8. The topological polar surface area (TPSA) is 114 Å². The lowest BCUT2D eigenvalue weighted by atomic mass is 10.1. The Morgan fingerprint density at radius 1 is 0.857 bits per heavy atom. The van der Waals surface area contributed by atoms with Gasteiger partial charge >= 0.3 is 18.1 Å². The lowest BCUT2D eigenvalue weighted by Gasteiger charge is -2.10. The highest BCUT2D eigenvalue weighted by Crippen LogP contribution is 2.32. The number of carboxylic acids is 2. The first-order valence-corrected chi connectivity index (χ1v) is 11.3. The number of rotatable bonds is 4. The van der Waals surface area contributed by atoms with Gasteiger partial charge in [-0.1, -0.05) is 30.3 Å². The Balaban J connectivity index is 0.000000225. The number of alkyl halides is 3. The molecule has 1 heterocycles. The summed E-state index contributed by atoms with van der Waals surface area (Å²) in [4.78, 5) is 21.1. The van der Waals surface area contributed by atoms with Gasteiger partial charge < -0.3 is 10.2 Å². The van der Waals surface area contributed by atoms with Crippen molar-refractivity contribution in [3.8, 4) is 0 Å². The van der Waals surface area contributed by atoms with E-state index in [-0.39, 0.29) is 21.5 Å². The van der Waals surface area contributed by atoms with Crippen LogP contribution in [0, 0.1) is 6.92 Å². The second kappa shape index (κ2) is 9.63. The number of aromatic carboxylic acids is 2. The maximum Gasteiger partial charge on any atom is 0.416 e. The van der Waals surface area contributed by atoms with Crippen LogP contribution in [-0.2, 0) is 16.2 Å². The summed E-state index contributed by atoms with van der Waals surface area (Å²) in [6.45, 7) is 1.62. The molecule has 0 spiro atoms. The van der Waals surface area contributed by atoms with Gasteiger partial charge in [0.1, 0.15) is 0 Å². The van der Waals surface area contributed by atoms with Gasteiger partial charge in [0.2, 0.25) is 0 Å². The molecular weight excluding hydrogens is 487 g/mol. The molecule has 0 atom stereocenters. The molecule has 0 bridgehead atoms. The summed E-state index contributed by atoms with van der Waals surface area (Å²) < 4.78 is 64.4. The molecule has 0 unspecified atom stereocenters. The number of aromatic nitrogens is 1. The summed E-state index contributed by atoms with van der Waals surface area (Å²) in [5, 5.41) is 17.7. The Morgan fingerprint density at radius 2 is 1.51 bits per heavy atom. The van der Waals surface area contributed by atoms with Crippen molar-refractivity contribution in [1.82, 2.24) is 3.97 Å². The highest BCUT2D eigenvalue weighted by atomic mass is 32.2. The molecule has 4 aromatic rings. The molecule has 0 aliphatic rings. The molecule has 0 radical (unpaired) electrons. The van der Waals surface area contributed by atoms with Crippen molar-refractivity contribution in [3.05, 3.63) is 101 Å². The molecule has 0 saturated heterocycles. The zero-order valence-electron chi connectivity index (χ0n) is 18.0. The van der Waals surface area contributed by atoms with Gasteiger partial charge in [-0.2, -0.15) is 13.2 Å². The van der Waals surface area contributed by atoms with Crippen LogP contribution >= 0.6 is 0 Å². The fraction of sp³-hybridized carbons (Fsp3) is 0.0833. The van der Waals surface area contributed by atoms with Crippen molar-refractivity contribution in [2.24, 2.45) is 0 Å². The van der Waals surface area contributed by atoms with Gasteiger partial charge in [-0.05, 0) is 55.0 Å². The number of carbonyl (C=O) groups is 2. The van der Waals surface area contributed by atoms with E-state index in [1.54, 1.807) is 25.1 Å². The third kappa shape index (κ3) is 5.52. The Morgan fingerprint density at radius 3 is 2.09 bits per heavy atom. The second-order valence-electron chi connectivity index (χ2n) is 7.34. The molecule has 0 amide bonds. The van der Waals surface area contributed by atoms with Crippen LogP contribution in [0.4, 0.5) is 13.2 Å². The number of nitrogens with zero attached hydrogens (tertiary/aromatic N) is 1. The molecule has 0 aliphatic carbocycles. The van der Waals surface area contributed by atoms with Crippen molar-refractivity contribution in [3.63, 3.8) is 0 Å². The maximum atomic E-state index is 12.8. The Bertz CT molecular complexity index is 1510. The second-order valence-corrected chi connectivity index (χ2v) is 9.16. The zero-order chi connectivity index (χ0) is 26.0. The fourth-order valence-corrected chi connectivity index (χ4v) is 4.55. The third-order valence-electron chi connectivity index (χ3n) is 5.00. The molecule has 2 N–H and O–H groups in total. The summed E-state index contributed by atoms with van der Waals surface area (Å²) >= 11 is 0. The van der Waals surface area contributed by atoms with E-state index in [0.29, 0.717) is 10.9 Å². The van der Waals surface area contributed by atoms with Crippen LogP contribution in [0.3, 0.4) is 0 Å². The van der Waals surface area contributed by atoms with Gasteiger partial charge in [-0.25, -0.2) is 22.0 Å². The largest absolute Gasteiger partial charge is 0.478 e. The van der Waals surface area contributed by atoms with E-state index in [4.69, 9.17) is 10.2 Å². The average Bonchev–Trinajstić information content (AvgIpc) is 3.24. The highest BCUT2D eigenvalue weighted by molar-refractivity contribution is 7.90. The molecule has 1 aromatic heterocycles. The monoisotopic (exact) mass is 505 g/mol. The minimum Gasteiger partial charge on any atom is -0.478 e. The summed E-state index contributed by atoms with van der Waals surface area (Å²) in [5.41, 5.74) is -0.317. The fourth-order valence-electron chi connectivity index (χ4n) is 3.18. The molecule has 0 fully saturated rings. The molecule has 7 nitrogen and oxygen atoms in total. The van der Waals surface area contributed by atoms with Crippen molar-refractivity contribution in [2.45, 2.75) is 18.0 Å². The summed E-state index contributed by atoms with van der Waals surface area (Å²) in [6, 6.07) is 16.1. The van der Waals surface area contributed by atoms with Gasteiger partial charge in [0.15, 0.2) is 0 Å². The van der Waals surface area contributed by atoms with Crippen molar-refractivity contribution in [1.29, 1.82) is 0 Å². The molecule has 4 rings (SSSR count). The molecular formula is C24H18F3NO6S. The SMILES string of the molecule is Cc1ccc(C(=O)O)cc1C(=O)O.O=S(=O)(c1ccccc1)n1ccc2ccc(C(F)(F)F)cc21. The number of benzene rings is 3. The Hall–Kier alpha value is -4.12. The van der Waals surface area contributed by atoms with E-state index in [1.165, 1.54) is 42.6 Å². The molecule has 0 aliphatic heterocycles. The lowest BCUT2D eigenvalue weighted by molar-refractivity contribution is -0.137. The van der Waals surface area contributed by atoms with Gasteiger partial charge in [0.05, 0.1) is 27.1 Å². The molecule has 35 heavy (non-hydrogen) atoms. The van der Waals surface area contributed by atoms with Crippen molar-refractivity contribution in [2.75, 3.05) is 0 Å². The highest BCUT2D eigenvalue weighted by Gasteiger charge is 2.31. The van der Waals surface area contributed by atoms with E-state index in [9.17, 15) is 31.2 Å². The maximum absolute atomic E-state index is 12.8. The van der Waals surface area contributed by atoms with Crippen LogP contribution in [0.5, 0.6) is 0 Å². The molecule has 182 valence electrons. The summed E-state index contributed by atoms with van der Waals surface area (Å²) in [5.74, 6) is -2.23. The van der Waals surface area contributed by atoms with Gasteiger partial charge in [0, 0.05) is 11.6 Å². The normalized spacial score (nSPS) is 11.5. The van der Waals surface area contributed by atoms with E-state index in [0.717, 1.165) is 22.2 Å². The van der Waals surface area contributed by atoms with Crippen LogP contribution in [-0.4, -0.2) is 34.5 Å². The number of fused-ring (bicyclic) bond motifs is 1. The van der Waals surface area contributed by atoms with Gasteiger partial charge in [-0.15, -0.1) is 0 Å². The third-order valence-corrected chi connectivity index (χ3v) is 6.70. The predicted octanol–water partition coefficient (Wildman–Crippen LogP) is 5.29. The minimum absolute atomic E-state index is 0.00122. The van der Waals surface area contributed by atoms with E-state index < -0.39 is 33.7 Å². The first-order chi connectivity index (χ1) is 16.3. The standard InChI is InChI=1S/C15H10F3NO2S.C9H8O4/c16-15(17,18)12-7-6-11-8-9-19(14(11)10-12)22(20,21)13-4-2-1-3-5-13;1-5-2-3-6(8(10)11)4-7(5)9(12)13/h1-10H;2-4H,1H3,(H,10,11)(H,12,13). The van der Waals surface area contributed by atoms with Crippen LogP contribution < -0.4 is 0 Å². The first-order valence-electron chi connectivity index (χ1n) is 9.88. The smallest absolute Gasteiger partial charge is 0.416 e. The Labute approximate surface area is 197 Å². The quantitative estimate of drug-likeness (QED) is 0.390. The minimum atomic E-state index is -4.53. The number of carboxylic acid groups (broad SMARTS) is 2. The summed E-state index contributed by atoms with van der Waals surface area (Å²) in [7, 11) is -3.94. The Kier molecular flexibility index (Phi) is 7.01. The van der Waals surface area contributed by atoms with Gasteiger partial charge in [-0.3, -0.25) is 0 Å². The van der Waals surface area contributed by atoms with Crippen LogP contribution in [0.25, 0.3) is 10.9 Å². The van der Waals surface area contributed by atoms with Crippen LogP contribution in [0.15, 0.2) is 83.9 Å². The summed E-state index contributed by atoms with van der Waals surface area (Å²) in [6.07, 6.45) is -3.27. The molecule has 3 aromatic carbocycles. The number of hydrogen-bond donors (Lipinski definition) is 2. The number of hydrogen-bond acceptors (Lipinski definition) is 4. The van der Waals surface area contributed by atoms with E-state index in [2.05, 4.69) is 0 Å². The molecule has 0 saturated carbocycles. The number of aryl methyl sites for hydroxylation is 1. The van der Waals surface area contributed by atoms with E-state index >= 15 is 0 Å². The predicted molar refractivity (Wildman–Crippen MR) is 121 cm³/mol. The lowest BCUT2D eigenvalue weighted by Crippen LogP contribution is -2.12. The van der Waals surface area contributed by atoms with Gasteiger partial charge in [0.25, 0.3) is 10.0 Å². The van der Waals surface area contributed by atoms with Crippen molar-refractivity contribution < 1.29 is 41.4 Å². The van der Waals surface area contributed by atoms with Crippen LogP contribution in [0.1, 0.15) is 31.8 Å². The van der Waals surface area contributed by atoms with Crippen molar-refractivity contribution >= 4 is 32.9 Å². The van der Waals surface area contributed by atoms with E-state index in [1.807, 2.05) is 0 Å². The first kappa shape index (κ1) is 25.5.